The molecule has 2 amide bonds. The number of likely N-dealkylation sites (tertiary alicyclic amines) is 1. The molecule has 5 rings (SSSR count). The van der Waals surface area contributed by atoms with Gasteiger partial charge in [0.1, 0.15) is 5.75 Å². The Morgan fingerprint density at radius 2 is 1.74 bits per heavy atom. The van der Waals surface area contributed by atoms with Crippen molar-refractivity contribution < 1.29 is 29.3 Å². The zero-order valence-electron chi connectivity index (χ0n) is 24.3. The van der Waals surface area contributed by atoms with Crippen molar-refractivity contribution in [3.8, 4) is 5.75 Å². The van der Waals surface area contributed by atoms with Crippen LogP contribution in [-0.4, -0.2) is 52.2 Å². The van der Waals surface area contributed by atoms with Crippen LogP contribution in [0.2, 0.25) is 0 Å². The van der Waals surface area contributed by atoms with Gasteiger partial charge in [-0.15, -0.1) is 0 Å². The lowest BCUT2D eigenvalue weighted by Crippen LogP contribution is -2.34. The van der Waals surface area contributed by atoms with E-state index < -0.39 is 5.97 Å². The molecule has 2 heterocycles. The summed E-state index contributed by atoms with van der Waals surface area (Å²) in [6.45, 7) is 2.98. The van der Waals surface area contributed by atoms with Crippen molar-refractivity contribution >= 4 is 29.4 Å². The van der Waals surface area contributed by atoms with Crippen molar-refractivity contribution in [2.45, 2.75) is 70.8 Å². The summed E-state index contributed by atoms with van der Waals surface area (Å²) in [5, 5.41) is 18.6. The van der Waals surface area contributed by atoms with Gasteiger partial charge in [0.15, 0.2) is 0 Å². The number of hydrogen-bond acceptors (Lipinski definition) is 5. The quantitative estimate of drug-likeness (QED) is 0.124. The Bertz CT molecular complexity index is 1350. The number of allylic oxidation sites excluding steroid dienone is 2. The third-order valence-electron chi connectivity index (χ3n) is 8.98. The molecule has 0 unspecified atom stereocenters. The van der Waals surface area contributed by atoms with Gasteiger partial charge in [-0.2, -0.15) is 0 Å². The molecule has 222 valence electrons. The van der Waals surface area contributed by atoms with Crippen molar-refractivity contribution in [1.29, 1.82) is 0 Å². The lowest BCUT2D eigenvalue weighted by molar-refractivity contribution is -0.141. The zero-order chi connectivity index (χ0) is 29.6. The van der Waals surface area contributed by atoms with E-state index in [2.05, 4.69) is 25.1 Å². The maximum absolute atomic E-state index is 13.6. The number of hydrogen-bond donors (Lipinski definition) is 2. The Balaban J connectivity index is 1.32. The first-order valence-electron chi connectivity index (χ1n) is 15.3. The number of phenols is 1. The van der Waals surface area contributed by atoms with Crippen molar-refractivity contribution in [2.24, 2.45) is 17.8 Å². The normalized spacial score (nSPS) is 23.8. The van der Waals surface area contributed by atoms with Crippen molar-refractivity contribution in [2.75, 3.05) is 13.2 Å². The minimum Gasteiger partial charge on any atom is -0.508 e. The van der Waals surface area contributed by atoms with Crippen LogP contribution in [0.5, 0.6) is 5.75 Å². The molecule has 7 nitrogen and oxygen atoms in total. The minimum absolute atomic E-state index is 0.0648. The molecule has 2 saturated heterocycles. The highest BCUT2D eigenvalue weighted by Crippen LogP contribution is 2.51. The molecule has 0 spiro atoms. The summed E-state index contributed by atoms with van der Waals surface area (Å²) in [6, 6.07) is 17.5. The molecule has 4 atom stereocenters. The number of aromatic hydroxyl groups is 1. The number of benzene rings is 2. The van der Waals surface area contributed by atoms with Crippen molar-refractivity contribution in [1.82, 2.24) is 4.90 Å². The molecule has 2 aromatic rings. The molecule has 2 N–H and O–H groups in total. The van der Waals surface area contributed by atoms with Gasteiger partial charge >= 0.3 is 5.97 Å². The lowest BCUT2D eigenvalue weighted by atomic mass is 9.68. The molecule has 1 aliphatic carbocycles. The second kappa shape index (κ2) is 13.5. The minimum atomic E-state index is -0.820. The fourth-order valence-electron chi connectivity index (χ4n) is 7.03. The molecular weight excluding hydrogens is 530 g/mol. The van der Waals surface area contributed by atoms with E-state index in [-0.39, 0.29) is 47.8 Å². The fraction of sp³-hybridized carbons (Fsp3) is 0.457. The smallest absolute Gasteiger partial charge is 0.303 e. The number of carboxylic acid groups (broad SMARTS) is 1. The Kier molecular flexibility index (Phi) is 9.58. The molecule has 42 heavy (non-hydrogen) atoms. The van der Waals surface area contributed by atoms with Crippen LogP contribution < -0.4 is 0 Å². The highest BCUT2D eigenvalue weighted by atomic mass is 16.5. The summed E-state index contributed by atoms with van der Waals surface area (Å²) in [5.41, 5.74) is 5.88. The number of unbranched alkanes of at least 4 members (excludes halogenated alkanes) is 2. The number of aliphatic carboxylic acids is 1. The highest BCUT2D eigenvalue weighted by Gasteiger charge is 2.56. The van der Waals surface area contributed by atoms with Crippen LogP contribution in [0.4, 0.5) is 0 Å². The van der Waals surface area contributed by atoms with E-state index in [9.17, 15) is 19.5 Å². The number of imide groups is 1. The maximum Gasteiger partial charge on any atom is 0.303 e. The van der Waals surface area contributed by atoms with E-state index in [4.69, 9.17) is 9.84 Å². The number of ether oxygens (including phenoxy) is 1. The second-order valence-electron chi connectivity index (χ2n) is 11.8. The number of rotatable bonds is 13. The van der Waals surface area contributed by atoms with Gasteiger partial charge in [0.25, 0.3) is 0 Å². The summed E-state index contributed by atoms with van der Waals surface area (Å²) >= 11 is 0. The number of carbonyl (C=O) groups is 3. The van der Waals surface area contributed by atoms with Crippen molar-refractivity contribution in [3.05, 3.63) is 76.9 Å². The Hall–Kier alpha value is -3.71. The van der Waals surface area contributed by atoms with E-state index in [0.29, 0.717) is 38.8 Å². The predicted octanol–water partition coefficient (Wildman–Crippen LogP) is 6.47. The van der Waals surface area contributed by atoms with Gasteiger partial charge < -0.3 is 14.9 Å². The zero-order valence-corrected chi connectivity index (χ0v) is 24.3. The van der Waals surface area contributed by atoms with Crippen LogP contribution in [0.15, 0.2) is 65.7 Å². The average Bonchev–Trinajstić information content (AvgIpc) is 3.51. The standard InChI is InChI=1S/C35H41NO6/c1-2-9-26-21-28-33(35(41)36(34(28)40)19-8-4-7-12-31(38)39)29-22-42-30(32(26)29)18-15-25(24-10-5-3-6-11-24)20-23-13-16-27(37)17-14-23/h3,5-6,10-11,13-14,16-17,20,28-30,33,37H,2,4,7-9,12,15,18-19,21-22H2,1H3,(H,38,39)/b25-20-/t28-,29+,30-,33-/m1/s1. The number of nitrogens with zero attached hydrogens (tertiary/aromatic N) is 1. The summed E-state index contributed by atoms with van der Waals surface area (Å²) in [4.78, 5) is 39.3. The Morgan fingerprint density at radius 3 is 2.45 bits per heavy atom. The molecule has 0 bridgehead atoms. The Morgan fingerprint density at radius 1 is 0.976 bits per heavy atom. The van der Waals surface area contributed by atoms with Gasteiger partial charge in [0.05, 0.1) is 24.5 Å². The molecule has 0 aromatic heterocycles. The van der Waals surface area contributed by atoms with Gasteiger partial charge in [0.2, 0.25) is 11.8 Å². The maximum atomic E-state index is 13.6. The van der Waals surface area contributed by atoms with E-state index in [0.717, 1.165) is 36.8 Å². The molecular formula is C35H41NO6. The van der Waals surface area contributed by atoms with E-state index in [1.807, 2.05) is 30.3 Å². The molecule has 2 aromatic carbocycles. The monoisotopic (exact) mass is 571 g/mol. The molecule has 7 heteroatoms. The van der Waals surface area contributed by atoms with Crippen LogP contribution in [0, 0.1) is 17.8 Å². The van der Waals surface area contributed by atoms with Gasteiger partial charge in [-0.25, -0.2) is 0 Å². The topological polar surface area (TPSA) is 104 Å². The second-order valence-corrected chi connectivity index (χ2v) is 11.8. The van der Waals surface area contributed by atoms with Gasteiger partial charge in [0, 0.05) is 18.9 Å². The first-order chi connectivity index (χ1) is 20.4. The van der Waals surface area contributed by atoms with E-state index in [1.165, 1.54) is 21.6 Å². The van der Waals surface area contributed by atoms with Gasteiger partial charge in [-0.3, -0.25) is 19.3 Å². The predicted molar refractivity (Wildman–Crippen MR) is 161 cm³/mol. The summed E-state index contributed by atoms with van der Waals surface area (Å²) in [7, 11) is 0. The lowest BCUT2D eigenvalue weighted by Gasteiger charge is -2.32. The van der Waals surface area contributed by atoms with Crippen LogP contribution in [0.25, 0.3) is 11.6 Å². The average molecular weight is 572 g/mol. The highest BCUT2D eigenvalue weighted by molar-refractivity contribution is 6.06. The van der Waals surface area contributed by atoms with E-state index >= 15 is 0 Å². The largest absolute Gasteiger partial charge is 0.508 e. The summed E-state index contributed by atoms with van der Waals surface area (Å²) in [5.74, 6) is -1.47. The van der Waals surface area contributed by atoms with Crippen LogP contribution in [-0.2, 0) is 19.1 Å². The SMILES string of the molecule is CCCC1=C2[C@@H](CC/C(=C/c3ccc(O)cc3)c3ccccc3)OC[C@@H]2[C@@H]2C(=O)N(CCCCCC(=O)O)C(=O)[C@@H]2C1. The number of fused-ring (bicyclic) bond motifs is 3. The molecule has 0 radical (unpaired) electrons. The molecule has 2 aliphatic heterocycles. The number of amides is 2. The third kappa shape index (κ3) is 6.51. The van der Waals surface area contributed by atoms with Gasteiger partial charge in [-0.05, 0) is 72.9 Å². The third-order valence-corrected chi connectivity index (χ3v) is 8.98. The molecule has 3 aliphatic rings. The van der Waals surface area contributed by atoms with Crippen LogP contribution in [0.1, 0.15) is 75.8 Å². The van der Waals surface area contributed by atoms with Crippen molar-refractivity contribution in [3.63, 3.8) is 0 Å². The first-order valence-corrected chi connectivity index (χ1v) is 15.3. The number of carbonyl (C=O) groups excluding carboxylic acids is 2. The van der Waals surface area contributed by atoms with Crippen LogP contribution >= 0.6 is 0 Å². The first kappa shape index (κ1) is 29.8. The van der Waals surface area contributed by atoms with Gasteiger partial charge in [-0.1, -0.05) is 73.9 Å². The van der Waals surface area contributed by atoms with E-state index in [1.54, 1.807) is 12.1 Å². The Labute approximate surface area is 247 Å². The van der Waals surface area contributed by atoms with Crippen LogP contribution in [0.3, 0.4) is 0 Å². The summed E-state index contributed by atoms with van der Waals surface area (Å²) < 4.78 is 6.44. The number of carboxylic acids is 1. The number of phenolic OH excluding ortho intramolecular Hbond substituents is 1. The molecule has 0 saturated carbocycles. The summed E-state index contributed by atoms with van der Waals surface area (Å²) in [6.07, 6.45) is 8.11. The molecule has 2 fully saturated rings. The fourth-order valence-corrected chi connectivity index (χ4v) is 7.03.